The van der Waals surface area contributed by atoms with Crippen LogP contribution in [0, 0.1) is 11.2 Å². The van der Waals surface area contributed by atoms with Crippen molar-refractivity contribution in [1.82, 2.24) is 4.90 Å². The third kappa shape index (κ3) is 8.35. The number of amides is 1. The number of piperazine rings is 1. The predicted octanol–water partition coefficient (Wildman–Crippen LogP) is -0.185. The first kappa shape index (κ1) is 24.6. The van der Waals surface area contributed by atoms with E-state index in [2.05, 4.69) is 43.2 Å². The average molecular weight is 365 g/mol. The van der Waals surface area contributed by atoms with E-state index in [-0.39, 0.29) is 35.7 Å². The smallest absolute Gasteiger partial charge is 0.466 e. The van der Waals surface area contributed by atoms with Crippen LogP contribution in [0.3, 0.4) is 0 Å². The Morgan fingerprint density at radius 2 is 1.81 bits per heavy atom. The van der Waals surface area contributed by atoms with E-state index >= 15 is 0 Å². The van der Waals surface area contributed by atoms with Gasteiger partial charge in [-0.3, -0.25) is 11.2 Å². The summed E-state index contributed by atoms with van der Waals surface area (Å²) in [7, 11) is 4.15. The molecule has 8 heteroatoms. The number of carbonyl (C=O) groups is 1. The number of nitriles is 1. The summed E-state index contributed by atoms with van der Waals surface area (Å²) in [6.45, 7) is 11.7. The molecule has 6 nitrogen and oxygen atoms in total. The average Bonchev–Trinajstić information content (AvgIpc) is 2.55. The number of benzene rings is 1. The summed E-state index contributed by atoms with van der Waals surface area (Å²) in [4.78, 5) is 16.2. The Hall–Kier alpha value is -1.36. The van der Waals surface area contributed by atoms with Crippen molar-refractivity contribution in [2.45, 2.75) is 33.3 Å². The van der Waals surface area contributed by atoms with Crippen LogP contribution in [0.2, 0.25) is 0 Å². The van der Waals surface area contributed by atoms with Crippen LogP contribution in [-0.2, 0) is 4.74 Å². The molecule has 0 spiro atoms. The quantitative estimate of drug-likeness (QED) is 0.753. The van der Waals surface area contributed by atoms with Gasteiger partial charge in [0.1, 0.15) is 5.60 Å². The summed E-state index contributed by atoms with van der Waals surface area (Å²) >= 11 is 0. The van der Waals surface area contributed by atoms with Crippen molar-refractivity contribution in [3.8, 4) is 5.97 Å². The summed E-state index contributed by atoms with van der Waals surface area (Å²) in [5, 5.41) is 10.5. The number of carbonyl (C=O) groups excluding carboxylic acids is 1. The van der Waals surface area contributed by atoms with Gasteiger partial charge < -0.3 is 27.7 Å². The third-order valence-electron chi connectivity index (χ3n) is 3.54. The minimum atomic E-state index is -0.439. The van der Waals surface area contributed by atoms with Crippen molar-refractivity contribution in [3.05, 3.63) is 24.3 Å². The number of anilines is 2. The molecular weight excluding hydrogens is 338 g/mol. The Balaban J connectivity index is 0.00000146. The van der Waals surface area contributed by atoms with Crippen LogP contribution in [0.5, 0.6) is 0 Å². The van der Waals surface area contributed by atoms with Gasteiger partial charge in [0, 0.05) is 32.7 Å². The molecule has 0 unspecified atom stereocenters. The summed E-state index contributed by atoms with van der Waals surface area (Å²) in [6.07, 6.45) is -0.216. The topological polar surface area (TPSA) is 68.6 Å². The molecule has 0 aromatic heterocycles. The molecule has 1 aliphatic heterocycles. The Morgan fingerprint density at radius 3 is 2.31 bits per heavy atom. The molecule has 135 valence electrons. The Kier molecular flexibility index (Phi) is 11.5. The fraction of sp³-hybridized carbons (Fsp3) is 0.556. The van der Waals surface area contributed by atoms with Crippen molar-refractivity contribution in [2.24, 2.45) is 0 Å². The minimum absolute atomic E-state index is 0. The standard InChI is InChI=1S/C17H27N3O2.CBN.Na/c1-5-18-14-8-6-7-9-15(14)19-10-12-20(13-11-19)16(21)22-17(2,3)4;2-1-3;/h6-9,18H,5,10-13H2,1-4H3;;/q;-1;+1. The van der Waals surface area contributed by atoms with Gasteiger partial charge in [-0.2, -0.15) is 0 Å². The minimum Gasteiger partial charge on any atom is -0.466 e. The molecule has 1 N–H and O–H groups in total. The van der Waals surface area contributed by atoms with Crippen LogP contribution in [0.15, 0.2) is 24.3 Å². The SMILES string of the molecule is CCNc1ccccc1N1CCN(C(=O)OC(C)(C)C)CC1.[B-]C#N.[Na+]. The second-order valence-electron chi connectivity index (χ2n) is 6.63. The van der Waals surface area contributed by atoms with Crippen LogP contribution in [0.4, 0.5) is 16.2 Å². The van der Waals surface area contributed by atoms with Crippen LogP contribution in [-0.4, -0.2) is 57.2 Å². The van der Waals surface area contributed by atoms with E-state index < -0.39 is 5.60 Å². The van der Waals surface area contributed by atoms with E-state index in [1.807, 2.05) is 26.8 Å². The van der Waals surface area contributed by atoms with Gasteiger partial charge in [0.05, 0.1) is 11.4 Å². The molecule has 1 heterocycles. The number of hydrogen-bond acceptors (Lipinski definition) is 5. The zero-order valence-electron chi connectivity index (χ0n) is 16.6. The van der Waals surface area contributed by atoms with E-state index in [4.69, 9.17) is 10.00 Å². The van der Waals surface area contributed by atoms with Crippen LogP contribution >= 0.6 is 0 Å². The molecule has 2 rings (SSSR count). The Bertz CT molecular complexity index is 594. The molecule has 26 heavy (non-hydrogen) atoms. The summed E-state index contributed by atoms with van der Waals surface area (Å²) < 4.78 is 5.44. The van der Waals surface area contributed by atoms with E-state index in [0.29, 0.717) is 13.1 Å². The van der Waals surface area contributed by atoms with Crippen LogP contribution < -0.4 is 39.8 Å². The maximum atomic E-state index is 12.1. The number of para-hydroxylation sites is 2. The molecule has 0 aliphatic carbocycles. The molecule has 1 amide bonds. The van der Waals surface area contributed by atoms with Gasteiger partial charge in [-0.05, 0) is 39.8 Å². The molecular formula is C18H27BN4NaO2. The largest absolute Gasteiger partial charge is 1.00 e. The van der Waals surface area contributed by atoms with Gasteiger partial charge in [0.25, 0.3) is 0 Å². The zero-order chi connectivity index (χ0) is 18.9. The maximum Gasteiger partial charge on any atom is 1.00 e. The normalized spacial score (nSPS) is 13.5. The predicted molar refractivity (Wildman–Crippen MR) is 102 cm³/mol. The number of rotatable bonds is 3. The molecule has 3 radical (unpaired) electrons. The molecule has 1 aromatic carbocycles. The van der Waals surface area contributed by atoms with Crippen molar-refractivity contribution >= 4 is 25.3 Å². The van der Waals surface area contributed by atoms with Gasteiger partial charge >= 0.3 is 35.7 Å². The summed E-state index contributed by atoms with van der Waals surface area (Å²) in [5.74, 6) is 1.25. The van der Waals surface area contributed by atoms with E-state index in [0.717, 1.165) is 25.3 Å². The zero-order valence-corrected chi connectivity index (χ0v) is 18.6. The van der Waals surface area contributed by atoms with Crippen molar-refractivity contribution < 1.29 is 39.1 Å². The van der Waals surface area contributed by atoms with E-state index in [1.165, 1.54) is 11.7 Å². The number of ether oxygens (including phenoxy) is 1. The van der Waals surface area contributed by atoms with E-state index in [1.54, 1.807) is 4.90 Å². The summed E-state index contributed by atoms with van der Waals surface area (Å²) in [5.41, 5.74) is 1.91. The molecule has 1 aromatic rings. The van der Waals surface area contributed by atoms with Gasteiger partial charge in [-0.15, -0.1) is 0 Å². The fourth-order valence-electron chi connectivity index (χ4n) is 2.55. The van der Waals surface area contributed by atoms with Crippen molar-refractivity contribution in [3.63, 3.8) is 0 Å². The summed E-state index contributed by atoms with van der Waals surface area (Å²) in [6, 6.07) is 8.31. The Labute approximate surface area is 180 Å². The molecule has 0 bridgehead atoms. The Morgan fingerprint density at radius 1 is 1.27 bits per heavy atom. The van der Waals surface area contributed by atoms with Crippen LogP contribution in [0.1, 0.15) is 27.7 Å². The van der Waals surface area contributed by atoms with Crippen molar-refractivity contribution in [2.75, 3.05) is 42.9 Å². The number of hydrogen-bond donors (Lipinski definition) is 1. The van der Waals surface area contributed by atoms with Gasteiger partial charge in [0.15, 0.2) is 0 Å². The van der Waals surface area contributed by atoms with Gasteiger partial charge in [-0.25, -0.2) is 4.79 Å². The van der Waals surface area contributed by atoms with E-state index in [9.17, 15) is 4.79 Å². The molecule has 0 saturated carbocycles. The number of nitrogens with zero attached hydrogens (tertiary/aromatic N) is 3. The number of nitrogens with one attached hydrogen (secondary N) is 1. The second-order valence-corrected chi connectivity index (χ2v) is 6.63. The molecule has 0 atom stereocenters. The van der Waals surface area contributed by atoms with Gasteiger partial charge in [-0.1, -0.05) is 12.1 Å². The fourth-order valence-corrected chi connectivity index (χ4v) is 2.55. The first-order valence-electron chi connectivity index (χ1n) is 8.47. The molecule has 1 saturated heterocycles. The van der Waals surface area contributed by atoms with Crippen molar-refractivity contribution in [1.29, 1.82) is 5.26 Å². The monoisotopic (exact) mass is 365 g/mol. The third-order valence-corrected chi connectivity index (χ3v) is 3.54. The second kappa shape index (κ2) is 12.1. The van der Waals surface area contributed by atoms with Crippen LogP contribution in [0.25, 0.3) is 0 Å². The maximum absolute atomic E-state index is 12.1. The molecule has 1 aliphatic rings. The molecule has 1 fully saturated rings. The van der Waals surface area contributed by atoms with Gasteiger partial charge in [0.2, 0.25) is 0 Å². The first-order valence-corrected chi connectivity index (χ1v) is 8.47. The first-order chi connectivity index (χ1) is 11.8.